The highest BCUT2D eigenvalue weighted by Gasteiger charge is 2.34. The van der Waals surface area contributed by atoms with Crippen LogP contribution < -0.4 is 4.74 Å². The third kappa shape index (κ3) is 3.44. The molecule has 2 aliphatic rings. The van der Waals surface area contributed by atoms with Crippen LogP contribution in [0.15, 0.2) is 42.9 Å². The van der Waals surface area contributed by atoms with Gasteiger partial charge in [0.1, 0.15) is 5.75 Å². The molecule has 3 aromatic rings. The van der Waals surface area contributed by atoms with Crippen LogP contribution in [0.3, 0.4) is 0 Å². The standard InChI is InChI=1S/C24H25ClN2O2/c1-29-19-9-11-20(22(25)12-19)15-4-6-17(7-5-15)24(28)23-21(16-2-3-16)10-8-18-13-26-14-27(18)23/h8-17H,2-7H2,1H3. The molecule has 2 heterocycles. The fourth-order valence-electron chi connectivity index (χ4n) is 4.82. The summed E-state index contributed by atoms with van der Waals surface area (Å²) in [6.45, 7) is 0. The summed E-state index contributed by atoms with van der Waals surface area (Å²) in [5, 5.41) is 0.762. The highest BCUT2D eigenvalue weighted by molar-refractivity contribution is 6.31. The zero-order valence-electron chi connectivity index (χ0n) is 16.6. The van der Waals surface area contributed by atoms with Crippen molar-refractivity contribution < 1.29 is 9.53 Å². The molecular weight excluding hydrogens is 384 g/mol. The number of aromatic nitrogens is 2. The van der Waals surface area contributed by atoms with Crippen LogP contribution in [-0.2, 0) is 0 Å². The molecular formula is C24H25ClN2O2. The van der Waals surface area contributed by atoms with Crippen molar-refractivity contribution in [2.24, 2.45) is 5.92 Å². The molecule has 0 bridgehead atoms. The van der Waals surface area contributed by atoms with Gasteiger partial charge in [-0.2, -0.15) is 0 Å². The van der Waals surface area contributed by atoms with Crippen LogP contribution in [0, 0.1) is 5.92 Å². The number of Topliss-reactive ketones (excluding diaryl/α,β-unsaturated/α-hetero) is 1. The fourth-order valence-corrected chi connectivity index (χ4v) is 5.14. The van der Waals surface area contributed by atoms with Crippen LogP contribution in [0.4, 0.5) is 0 Å². The summed E-state index contributed by atoms with van der Waals surface area (Å²) in [5.74, 6) is 2.09. The summed E-state index contributed by atoms with van der Waals surface area (Å²) in [7, 11) is 1.65. The predicted octanol–water partition coefficient (Wildman–Crippen LogP) is 6.03. The summed E-state index contributed by atoms with van der Waals surface area (Å²) < 4.78 is 7.26. The average molecular weight is 409 g/mol. The first-order chi connectivity index (χ1) is 14.2. The number of methoxy groups -OCH3 is 1. The summed E-state index contributed by atoms with van der Waals surface area (Å²) >= 11 is 6.49. The van der Waals surface area contributed by atoms with Gasteiger partial charge in [0.15, 0.2) is 5.78 Å². The molecule has 0 unspecified atom stereocenters. The topological polar surface area (TPSA) is 43.6 Å². The number of imidazole rings is 1. The van der Waals surface area contributed by atoms with E-state index in [-0.39, 0.29) is 11.7 Å². The number of benzene rings is 1. The van der Waals surface area contributed by atoms with E-state index in [9.17, 15) is 4.79 Å². The van der Waals surface area contributed by atoms with Crippen LogP contribution >= 0.6 is 11.6 Å². The van der Waals surface area contributed by atoms with Crippen LogP contribution in [0.5, 0.6) is 5.75 Å². The number of nitrogens with zero attached hydrogens (tertiary/aromatic N) is 2. The zero-order valence-corrected chi connectivity index (χ0v) is 17.4. The minimum Gasteiger partial charge on any atom is -0.497 e. The zero-order chi connectivity index (χ0) is 20.0. The number of halogens is 1. The van der Waals surface area contributed by atoms with E-state index in [4.69, 9.17) is 16.3 Å². The van der Waals surface area contributed by atoms with Gasteiger partial charge in [-0.25, -0.2) is 4.98 Å². The van der Waals surface area contributed by atoms with Crippen molar-refractivity contribution in [3.05, 3.63) is 64.7 Å². The molecule has 2 saturated carbocycles. The Morgan fingerprint density at radius 2 is 1.72 bits per heavy atom. The van der Waals surface area contributed by atoms with E-state index in [0.717, 1.165) is 47.7 Å². The Morgan fingerprint density at radius 1 is 1.03 bits per heavy atom. The maximum Gasteiger partial charge on any atom is 0.182 e. The van der Waals surface area contributed by atoms with Gasteiger partial charge in [-0.3, -0.25) is 9.20 Å². The molecule has 0 atom stereocenters. The predicted molar refractivity (Wildman–Crippen MR) is 114 cm³/mol. The normalized spacial score (nSPS) is 22.0. The van der Waals surface area contributed by atoms with E-state index in [1.165, 1.54) is 24.0 Å². The largest absolute Gasteiger partial charge is 0.497 e. The second kappa shape index (κ2) is 7.49. The second-order valence-corrected chi connectivity index (χ2v) is 8.81. The van der Waals surface area contributed by atoms with Gasteiger partial charge in [0.25, 0.3) is 0 Å². The summed E-state index contributed by atoms with van der Waals surface area (Å²) in [6, 6.07) is 10.2. The van der Waals surface area contributed by atoms with Gasteiger partial charge in [-0.15, -0.1) is 0 Å². The van der Waals surface area contributed by atoms with Crippen molar-refractivity contribution in [1.29, 1.82) is 0 Å². The van der Waals surface area contributed by atoms with Crippen molar-refractivity contribution in [3.8, 4) is 5.75 Å². The molecule has 1 aromatic carbocycles. The number of carbonyl (C=O) groups excluding carboxylic acids is 1. The minimum absolute atomic E-state index is 0.0776. The number of fused-ring (bicyclic) bond motifs is 1. The Labute approximate surface area is 175 Å². The highest BCUT2D eigenvalue weighted by Crippen LogP contribution is 2.44. The quantitative estimate of drug-likeness (QED) is 0.484. The number of pyridine rings is 1. The molecule has 2 aliphatic carbocycles. The smallest absolute Gasteiger partial charge is 0.182 e. The number of rotatable bonds is 5. The third-order valence-corrected chi connectivity index (χ3v) is 6.94. The number of ether oxygens (including phenoxy) is 1. The lowest BCUT2D eigenvalue weighted by Gasteiger charge is -2.29. The molecule has 2 fully saturated rings. The lowest BCUT2D eigenvalue weighted by Crippen LogP contribution is -2.24. The average Bonchev–Trinajstić information content (AvgIpc) is 3.49. The summed E-state index contributed by atoms with van der Waals surface area (Å²) in [6.07, 6.45) is 9.77. The lowest BCUT2D eigenvalue weighted by molar-refractivity contribution is 0.0876. The van der Waals surface area contributed by atoms with Crippen LogP contribution in [0.25, 0.3) is 5.52 Å². The van der Waals surface area contributed by atoms with E-state index in [2.05, 4.69) is 23.2 Å². The second-order valence-electron chi connectivity index (χ2n) is 8.40. The molecule has 5 heteroatoms. The number of hydrogen-bond donors (Lipinski definition) is 0. The van der Waals surface area contributed by atoms with Gasteiger partial charge in [0.05, 0.1) is 30.8 Å². The minimum atomic E-state index is 0.0776. The lowest BCUT2D eigenvalue weighted by atomic mass is 9.76. The molecule has 2 aromatic heterocycles. The van der Waals surface area contributed by atoms with Gasteiger partial charge >= 0.3 is 0 Å². The maximum atomic E-state index is 13.6. The van der Waals surface area contributed by atoms with E-state index in [1.807, 2.05) is 22.7 Å². The molecule has 5 rings (SSSR count). The fraction of sp³-hybridized carbons (Fsp3) is 0.417. The van der Waals surface area contributed by atoms with Gasteiger partial charge in [-0.05, 0) is 79.7 Å². The molecule has 29 heavy (non-hydrogen) atoms. The Kier molecular flexibility index (Phi) is 4.83. The number of ketones is 1. The van der Waals surface area contributed by atoms with E-state index < -0.39 is 0 Å². The maximum absolute atomic E-state index is 13.6. The van der Waals surface area contributed by atoms with Crippen molar-refractivity contribution in [3.63, 3.8) is 0 Å². The summed E-state index contributed by atoms with van der Waals surface area (Å²) in [4.78, 5) is 17.8. The first-order valence-electron chi connectivity index (χ1n) is 10.5. The number of carbonyl (C=O) groups is 1. The molecule has 0 saturated heterocycles. The summed E-state index contributed by atoms with van der Waals surface area (Å²) in [5.41, 5.74) is 4.25. The van der Waals surface area contributed by atoms with E-state index in [1.54, 1.807) is 13.4 Å². The molecule has 0 spiro atoms. The van der Waals surface area contributed by atoms with Crippen LogP contribution in [-0.4, -0.2) is 22.3 Å². The monoisotopic (exact) mass is 408 g/mol. The molecule has 0 N–H and O–H groups in total. The highest BCUT2D eigenvalue weighted by atomic mass is 35.5. The van der Waals surface area contributed by atoms with Crippen LogP contribution in [0.1, 0.15) is 72.0 Å². The first kappa shape index (κ1) is 18.7. The molecule has 4 nitrogen and oxygen atoms in total. The molecule has 0 aliphatic heterocycles. The van der Waals surface area contributed by atoms with Crippen LogP contribution in [0.2, 0.25) is 5.02 Å². The van der Waals surface area contributed by atoms with Crippen molar-refractivity contribution >= 4 is 22.9 Å². The van der Waals surface area contributed by atoms with Crippen molar-refractivity contribution in [2.45, 2.75) is 50.4 Å². The molecule has 150 valence electrons. The molecule has 0 amide bonds. The molecule has 0 radical (unpaired) electrons. The van der Waals surface area contributed by atoms with E-state index in [0.29, 0.717) is 11.8 Å². The Bertz CT molecular complexity index is 1060. The first-order valence-corrected chi connectivity index (χ1v) is 10.9. The number of hydrogen-bond acceptors (Lipinski definition) is 3. The Balaban J connectivity index is 1.36. The van der Waals surface area contributed by atoms with E-state index >= 15 is 0 Å². The Hall–Kier alpha value is -2.33. The van der Waals surface area contributed by atoms with Crippen molar-refractivity contribution in [1.82, 2.24) is 9.38 Å². The Morgan fingerprint density at radius 3 is 2.41 bits per heavy atom. The van der Waals surface area contributed by atoms with Gasteiger partial charge in [0, 0.05) is 10.9 Å². The van der Waals surface area contributed by atoms with Gasteiger partial charge in [-0.1, -0.05) is 23.7 Å². The van der Waals surface area contributed by atoms with Crippen molar-refractivity contribution in [2.75, 3.05) is 7.11 Å². The van der Waals surface area contributed by atoms with Gasteiger partial charge < -0.3 is 4.74 Å². The van der Waals surface area contributed by atoms with Gasteiger partial charge in [0.2, 0.25) is 0 Å². The third-order valence-electron chi connectivity index (χ3n) is 6.61. The SMILES string of the molecule is COc1ccc(C2CCC(C(=O)c3c(C4CC4)ccc4cncn34)CC2)c(Cl)c1.